The first-order chi connectivity index (χ1) is 21.5. The molecule has 0 bridgehead atoms. The van der Waals surface area contributed by atoms with Crippen LogP contribution in [-0.4, -0.2) is 15.9 Å². The van der Waals surface area contributed by atoms with E-state index in [9.17, 15) is 9.90 Å². The van der Waals surface area contributed by atoms with Crippen LogP contribution in [0.5, 0.6) is 0 Å². The van der Waals surface area contributed by atoms with Gasteiger partial charge in [-0.3, -0.25) is 9.78 Å². The third kappa shape index (κ3) is 6.03. The molecule has 47 heavy (non-hydrogen) atoms. The van der Waals surface area contributed by atoms with Gasteiger partial charge in [0.2, 0.25) is 0 Å². The smallest absolute Gasteiger partial charge is 0.164 e. The molecule has 0 atom stereocenters. The monoisotopic (exact) mass is 799 g/mol. The molecule has 0 saturated carbocycles. The number of aromatic nitrogens is 1. The average Bonchev–Trinajstić information content (AvgIpc) is 2.98. The first kappa shape index (κ1) is 34.5. The number of allylic oxidation sites excluding steroid dienone is 2. The van der Waals surface area contributed by atoms with Gasteiger partial charge in [0.25, 0.3) is 0 Å². The average molecular weight is 799 g/mol. The second kappa shape index (κ2) is 12.0. The van der Waals surface area contributed by atoms with Gasteiger partial charge in [0.1, 0.15) is 5.76 Å². The number of hydrogen-bond acceptors (Lipinski definition) is 3. The zero-order valence-corrected chi connectivity index (χ0v) is 31.5. The normalized spacial score (nSPS) is 14.0. The molecule has 1 radical (unpaired) electrons. The van der Waals surface area contributed by atoms with Crippen molar-refractivity contribution in [2.75, 3.05) is 0 Å². The number of nitrogens with zero attached hydrogens (tertiary/aromatic N) is 1. The van der Waals surface area contributed by atoms with Crippen molar-refractivity contribution in [1.29, 1.82) is 0 Å². The van der Waals surface area contributed by atoms with Crippen molar-refractivity contribution in [2.24, 2.45) is 10.8 Å². The van der Waals surface area contributed by atoms with Gasteiger partial charge >= 0.3 is 0 Å². The van der Waals surface area contributed by atoms with Crippen LogP contribution in [0.2, 0.25) is 0 Å². The van der Waals surface area contributed by atoms with E-state index in [1.54, 1.807) is 0 Å². The maximum atomic E-state index is 11.5. The van der Waals surface area contributed by atoms with E-state index in [1.165, 1.54) is 66.0 Å². The molecule has 7 rings (SSSR count). The zero-order chi connectivity index (χ0) is 33.3. The summed E-state index contributed by atoms with van der Waals surface area (Å²) in [5.41, 5.74) is 6.59. The minimum Gasteiger partial charge on any atom is -0.512 e. The molecular formula is C43H44IrNO2-. The third-order valence-corrected chi connectivity index (χ3v) is 9.48. The summed E-state index contributed by atoms with van der Waals surface area (Å²) >= 11 is 0. The number of ketones is 1. The zero-order valence-electron chi connectivity index (χ0n) is 29.1. The van der Waals surface area contributed by atoms with Gasteiger partial charge in [0.05, 0.1) is 0 Å². The van der Waals surface area contributed by atoms with Crippen molar-refractivity contribution in [3.8, 4) is 11.3 Å². The third-order valence-electron chi connectivity index (χ3n) is 9.48. The number of hydrogen-bond donors (Lipinski definition) is 1. The standard InChI is InChI=1S/C32H24N.C11H20O2.Ir/c1-18-13-19(2)22-9-10-23-24-11-12-33-31-27-15-20-7-5-6-8-21(20)16-28(27)32(3,4)29(30(24)31)17-26(23)25(22)14-18;1-10(2,3)8(12)7-9(13)11(4,5)6;/h5-14,16-17H,1-4H3;7,12H,1-6H3;/q-1;;/b;8-7-;. The predicted molar refractivity (Wildman–Crippen MR) is 195 cm³/mol. The van der Waals surface area contributed by atoms with Gasteiger partial charge < -0.3 is 5.11 Å². The Labute approximate surface area is 292 Å². The Kier molecular flexibility index (Phi) is 8.80. The van der Waals surface area contributed by atoms with Gasteiger partial charge in [-0.1, -0.05) is 126 Å². The maximum absolute atomic E-state index is 11.5. The van der Waals surface area contributed by atoms with Gasteiger partial charge in [-0.25, -0.2) is 0 Å². The summed E-state index contributed by atoms with van der Waals surface area (Å²) in [5.74, 6) is 0.104. The molecule has 0 spiro atoms. The molecule has 0 unspecified atom stereocenters. The summed E-state index contributed by atoms with van der Waals surface area (Å²) in [4.78, 5) is 16.4. The van der Waals surface area contributed by atoms with Crippen molar-refractivity contribution in [2.45, 2.75) is 74.7 Å². The molecule has 243 valence electrons. The van der Waals surface area contributed by atoms with E-state index < -0.39 is 5.41 Å². The van der Waals surface area contributed by atoms with E-state index in [0.717, 1.165) is 16.6 Å². The van der Waals surface area contributed by atoms with Crippen LogP contribution in [0, 0.1) is 30.7 Å². The summed E-state index contributed by atoms with van der Waals surface area (Å²) in [5, 5.41) is 19.8. The van der Waals surface area contributed by atoms with Crippen LogP contribution in [-0.2, 0) is 30.3 Å². The van der Waals surface area contributed by atoms with Crippen molar-refractivity contribution < 1.29 is 30.0 Å². The van der Waals surface area contributed by atoms with Crippen LogP contribution >= 0.6 is 0 Å². The van der Waals surface area contributed by atoms with Gasteiger partial charge in [0, 0.05) is 48.9 Å². The Balaban J connectivity index is 0.000000267. The SMILES string of the molecule is CC(C)(C)C(=O)/C=C(\O)C(C)(C)C.Cc1cc(C)c2ccc3c4ccnc5c4c(cc3c2c1)C(C)(C)c1cc2ccccc2[c-]c1-5.[Ir]. The van der Waals surface area contributed by atoms with Gasteiger partial charge in [0.15, 0.2) is 5.78 Å². The fraction of sp³-hybridized carbons (Fsp3) is 0.302. The number of rotatable bonds is 1. The number of aliphatic hydroxyl groups is 1. The molecular weight excluding hydrogens is 755 g/mol. The summed E-state index contributed by atoms with van der Waals surface area (Å²) in [6.07, 6.45) is 3.30. The van der Waals surface area contributed by atoms with Crippen LogP contribution in [0.1, 0.15) is 77.6 Å². The molecule has 0 aliphatic heterocycles. The minimum absolute atomic E-state index is 0. The maximum Gasteiger partial charge on any atom is 0.164 e. The van der Waals surface area contributed by atoms with E-state index in [0.29, 0.717) is 0 Å². The van der Waals surface area contributed by atoms with E-state index in [-0.39, 0.29) is 42.5 Å². The first-order valence-electron chi connectivity index (χ1n) is 16.2. The van der Waals surface area contributed by atoms with Crippen LogP contribution in [0.3, 0.4) is 0 Å². The fourth-order valence-electron chi connectivity index (χ4n) is 6.62. The molecule has 1 heterocycles. The molecule has 0 amide bonds. The summed E-state index contributed by atoms with van der Waals surface area (Å²) < 4.78 is 0. The number of aryl methyl sites for hydroxylation is 2. The van der Waals surface area contributed by atoms with Crippen LogP contribution in [0.4, 0.5) is 0 Å². The van der Waals surface area contributed by atoms with Crippen molar-refractivity contribution in [3.63, 3.8) is 0 Å². The molecule has 1 N–H and O–H groups in total. The van der Waals surface area contributed by atoms with E-state index in [4.69, 9.17) is 4.98 Å². The Bertz CT molecular complexity index is 2240. The van der Waals surface area contributed by atoms with Gasteiger partial charge in [-0.05, 0) is 68.8 Å². The Morgan fingerprint density at radius 3 is 2.13 bits per heavy atom. The molecule has 1 aromatic heterocycles. The Hall–Kier alpha value is -3.85. The van der Waals surface area contributed by atoms with E-state index >= 15 is 0 Å². The summed E-state index contributed by atoms with van der Waals surface area (Å²) in [6.45, 7) is 20.2. The van der Waals surface area contributed by atoms with Crippen LogP contribution in [0.15, 0.2) is 84.8 Å². The largest absolute Gasteiger partial charge is 0.512 e. The second-order valence-electron chi connectivity index (χ2n) is 15.5. The molecule has 0 saturated heterocycles. The summed E-state index contributed by atoms with van der Waals surface area (Å²) in [7, 11) is 0. The number of pyridine rings is 1. The molecule has 5 aromatic carbocycles. The van der Waals surface area contributed by atoms with Crippen molar-refractivity contribution in [1.82, 2.24) is 4.98 Å². The second-order valence-corrected chi connectivity index (χ2v) is 15.5. The van der Waals surface area contributed by atoms with Crippen molar-refractivity contribution in [3.05, 3.63) is 113 Å². The molecule has 6 aromatic rings. The minimum atomic E-state index is -0.417. The van der Waals surface area contributed by atoms with Gasteiger partial charge in [-0.15, -0.1) is 23.6 Å². The van der Waals surface area contributed by atoms with Gasteiger partial charge in [-0.2, -0.15) is 0 Å². The molecule has 3 nitrogen and oxygen atoms in total. The summed E-state index contributed by atoms with van der Waals surface area (Å²) in [6, 6.07) is 28.5. The Morgan fingerprint density at radius 1 is 0.787 bits per heavy atom. The number of carbonyl (C=O) groups is 1. The quantitative estimate of drug-likeness (QED) is 0.0780. The molecule has 4 heteroatoms. The first-order valence-corrected chi connectivity index (χ1v) is 16.2. The predicted octanol–water partition coefficient (Wildman–Crippen LogP) is 11.5. The van der Waals surface area contributed by atoms with Crippen LogP contribution in [0.25, 0.3) is 54.3 Å². The van der Waals surface area contributed by atoms with Crippen molar-refractivity contribution >= 4 is 48.9 Å². The number of fused-ring (bicyclic) bond motifs is 7. The Morgan fingerprint density at radius 2 is 1.45 bits per heavy atom. The number of carbonyl (C=O) groups excluding carboxylic acids is 1. The van der Waals surface area contributed by atoms with E-state index in [2.05, 4.69) is 100 Å². The van der Waals surface area contributed by atoms with E-state index in [1.807, 2.05) is 47.7 Å². The fourth-order valence-corrected chi connectivity index (χ4v) is 6.62. The number of aliphatic hydroxyl groups excluding tert-OH is 1. The molecule has 0 fully saturated rings. The topological polar surface area (TPSA) is 50.2 Å². The number of benzene rings is 5. The molecule has 1 aliphatic rings. The molecule has 1 aliphatic carbocycles. The van der Waals surface area contributed by atoms with Crippen LogP contribution < -0.4 is 0 Å².